The van der Waals surface area contributed by atoms with E-state index in [9.17, 15) is 14.0 Å². The third-order valence-corrected chi connectivity index (χ3v) is 4.69. The molecule has 2 aromatic carbocycles. The van der Waals surface area contributed by atoms with Gasteiger partial charge in [-0.25, -0.2) is 13.8 Å². The molecule has 7 heteroatoms. The Morgan fingerprint density at radius 3 is 2.65 bits per heavy atom. The lowest BCUT2D eigenvalue weighted by molar-refractivity contribution is -0.475. The summed E-state index contributed by atoms with van der Waals surface area (Å²) in [5.74, 6) is -1.10. The van der Waals surface area contributed by atoms with E-state index >= 15 is 0 Å². The van der Waals surface area contributed by atoms with Crippen LogP contribution in [0.15, 0.2) is 42.6 Å². The first-order valence-corrected chi connectivity index (χ1v) is 8.50. The zero-order valence-electron chi connectivity index (χ0n) is 13.8. The number of halogens is 3. The van der Waals surface area contributed by atoms with Crippen LogP contribution < -0.4 is 0 Å². The van der Waals surface area contributed by atoms with Crippen molar-refractivity contribution in [2.45, 2.75) is 19.9 Å². The molecular weight excluding hydrogens is 360 g/mol. The molecule has 26 heavy (non-hydrogen) atoms. The topological polar surface area (TPSA) is 43.9 Å². The number of benzene rings is 2. The number of nitrogens with zero attached hydrogens (tertiary/aromatic N) is 3. The van der Waals surface area contributed by atoms with Crippen LogP contribution in [0.4, 0.5) is 8.78 Å². The number of imidazole rings is 1. The van der Waals surface area contributed by atoms with Gasteiger partial charge >= 0.3 is 0 Å². The molecule has 132 valence electrons. The molecular formula is C19H14ClF2N3O. The van der Waals surface area contributed by atoms with Crippen LogP contribution in [0.1, 0.15) is 29.6 Å². The van der Waals surface area contributed by atoms with Crippen LogP contribution >= 0.6 is 11.6 Å². The van der Waals surface area contributed by atoms with Gasteiger partial charge in [-0.15, -0.1) is 0 Å². The molecule has 1 aliphatic heterocycles. The third-order valence-electron chi connectivity index (χ3n) is 4.46. The highest BCUT2D eigenvalue weighted by Gasteiger charge is 2.31. The average molecular weight is 374 g/mol. The summed E-state index contributed by atoms with van der Waals surface area (Å²) in [6, 6.07) is 8.49. The van der Waals surface area contributed by atoms with Crippen LogP contribution in [0.2, 0.25) is 5.02 Å². The number of aromatic nitrogens is 2. The molecule has 3 aromatic rings. The smallest absolute Gasteiger partial charge is 0.234 e. The summed E-state index contributed by atoms with van der Waals surface area (Å²) in [7, 11) is 0. The predicted molar refractivity (Wildman–Crippen MR) is 94.9 cm³/mol. The quantitative estimate of drug-likeness (QED) is 0.498. The Morgan fingerprint density at radius 2 is 1.96 bits per heavy atom. The normalized spacial score (nSPS) is 13.4. The van der Waals surface area contributed by atoms with E-state index in [1.165, 1.54) is 6.07 Å². The fourth-order valence-electron chi connectivity index (χ4n) is 3.30. The van der Waals surface area contributed by atoms with Gasteiger partial charge in [-0.2, -0.15) is 4.74 Å². The molecule has 1 aliphatic rings. The Labute approximate surface area is 153 Å². The number of hydrogen-bond donors (Lipinski definition) is 0. The Balaban J connectivity index is 2.10. The van der Waals surface area contributed by atoms with Crippen LogP contribution in [-0.2, 0) is 13.0 Å². The monoisotopic (exact) mass is 373 g/mol. The van der Waals surface area contributed by atoms with Gasteiger partial charge in [0.05, 0.1) is 11.3 Å². The zero-order chi connectivity index (χ0) is 18.4. The molecule has 0 N–H and O–H groups in total. The van der Waals surface area contributed by atoms with Crippen molar-refractivity contribution in [2.24, 2.45) is 0 Å². The second-order valence-electron chi connectivity index (χ2n) is 6.00. The van der Waals surface area contributed by atoms with Crippen LogP contribution in [0, 0.1) is 16.8 Å². The highest BCUT2D eigenvalue weighted by Crippen LogP contribution is 2.30. The van der Waals surface area contributed by atoms with Crippen LogP contribution in [0.3, 0.4) is 0 Å². The number of rotatable bonds is 2. The molecule has 0 aliphatic carbocycles. The Kier molecular flexibility index (Phi) is 4.00. The van der Waals surface area contributed by atoms with Crippen molar-refractivity contribution in [3.63, 3.8) is 0 Å². The fourth-order valence-corrected chi connectivity index (χ4v) is 3.48. The van der Waals surface area contributed by atoms with Crippen LogP contribution in [0.25, 0.3) is 5.69 Å². The molecule has 0 unspecified atom stereocenters. The molecule has 0 amide bonds. The molecule has 0 radical (unpaired) electrons. The van der Waals surface area contributed by atoms with E-state index in [-0.39, 0.29) is 17.8 Å². The fraction of sp³-hybridized carbons (Fsp3) is 0.158. The molecule has 0 bridgehead atoms. The maximum absolute atomic E-state index is 14.5. The molecule has 0 spiro atoms. The Hall–Kier alpha value is -2.73. The van der Waals surface area contributed by atoms with Crippen molar-refractivity contribution < 1.29 is 13.5 Å². The molecule has 4 nitrogen and oxygen atoms in total. The number of hydrogen-bond acceptors (Lipinski definition) is 2. The summed E-state index contributed by atoms with van der Waals surface area (Å²) in [4.78, 5) is 4.32. The Bertz CT molecular complexity index is 1040. The van der Waals surface area contributed by atoms with Crippen molar-refractivity contribution in [3.05, 3.63) is 87.1 Å². The highest BCUT2D eigenvalue weighted by molar-refractivity contribution is 6.31. The summed E-state index contributed by atoms with van der Waals surface area (Å²) < 4.78 is 31.3. The second kappa shape index (κ2) is 6.21. The van der Waals surface area contributed by atoms with Crippen molar-refractivity contribution in [3.8, 4) is 5.69 Å². The maximum Gasteiger partial charge on any atom is 0.234 e. The third kappa shape index (κ3) is 2.49. The number of hydroxylamine groups is 1. The minimum absolute atomic E-state index is 0.0920. The molecule has 0 atom stereocenters. The summed E-state index contributed by atoms with van der Waals surface area (Å²) in [5, 5.41) is 13.3. The van der Waals surface area contributed by atoms with Gasteiger partial charge in [0.15, 0.2) is 5.82 Å². The first kappa shape index (κ1) is 16.7. The van der Waals surface area contributed by atoms with Gasteiger partial charge in [-0.05, 0) is 36.8 Å². The van der Waals surface area contributed by atoms with Crippen molar-refractivity contribution >= 4 is 17.3 Å². The minimum Gasteiger partial charge on any atom is -0.623 e. The predicted octanol–water partition coefficient (Wildman–Crippen LogP) is 4.23. The molecule has 0 saturated heterocycles. The van der Waals surface area contributed by atoms with Gasteiger partial charge in [-0.3, -0.25) is 4.57 Å². The Morgan fingerprint density at radius 1 is 1.23 bits per heavy atom. The van der Waals surface area contributed by atoms with Gasteiger partial charge in [0.25, 0.3) is 0 Å². The van der Waals surface area contributed by atoms with E-state index in [4.69, 9.17) is 11.6 Å². The highest BCUT2D eigenvalue weighted by atomic mass is 35.5. The van der Waals surface area contributed by atoms with E-state index < -0.39 is 11.6 Å². The van der Waals surface area contributed by atoms with Gasteiger partial charge in [0.1, 0.15) is 17.2 Å². The minimum atomic E-state index is -0.804. The van der Waals surface area contributed by atoms with Crippen LogP contribution in [0.5, 0.6) is 0 Å². The van der Waals surface area contributed by atoms with E-state index in [0.717, 1.165) is 17.8 Å². The van der Waals surface area contributed by atoms with Crippen molar-refractivity contribution in [2.75, 3.05) is 0 Å². The van der Waals surface area contributed by atoms with E-state index in [2.05, 4.69) is 4.98 Å². The van der Waals surface area contributed by atoms with E-state index in [0.29, 0.717) is 33.3 Å². The number of fused-ring (bicyclic) bond motifs is 3. The molecule has 0 saturated carbocycles. The van der Waals surface area contributed by atoms with Crippen molar-refractivity contribution in [1.82, 2.24) is 9.55 Å². The summed E-state index contributed by atoms with van der Waals surface area (Å²) in [5.41, 5.74) is 1.42. The first-order valence-electron chi connectivity index (χ1n) is 8.13. The van der Waals surface area contributed by atoms with Crippen molar-refractivity contribution in [1.29, 1.82) is 0 Å². The SMILES string of the molecule is CCc1cnc2n1-c1ccc(Cl)cc1C(c1c(F)cccc1F)=[N+]([O-])C2. The molecule has 1 aromatic heterocycles. The van der Waals surface area contributed by atoms with Gasteiger partial charge in [0.2, 0.25) is 12.3 Å². The van der Waals surface area contributed by atoms with Gasteiger partial charge < -0.3 is 5.21 Å². The number of aryl methyl sites for hydroxylation is 1. The lowest BCUT2D eigenvalue weighted by atomic mass is 9.99. The lowest BCUT2D eigenvalue weighted by Gasteiger charge is -2.13. The summed E-state index contributed by atoms with van der Waals surface area (Å²) in [6.07, 6.45) is 2.40. The maximum atomic E-state index is 14.5. The molecule has 4 rings (SSSR count). The van der Waals surface area contributed by atoms with E-state index in [1.807, 2.05) is 11.5 Å². The van der Waals surface area contributed by atoms with Gasteiger partial charge in [-0.1, -0.05) is 24.6 Å². The van der Waals surface area contributed by atoms with E-state index in [1.54, 1.807) is 24.4 Å². The second-order valence-corrected chi connectivity index (χ2v) is 6.43. The molecule has 2 heterocycles. The first-order chi connectivity index (χ1) is 12.5. The summed E-state index contributed by atoms with van der Waals surface area (Å²) in [6.45, 7) is 1.84. The lowest BCUT2D eigenvalue weighted by Crippen LogP contribution is -2.20. The van der Waals surface area contributed by atoms with Gasteiger partial charge in [0, 0.05) is 16.9 Å². The molecule has 0 fully saturated rings. The average Bonchev–Trinajstić information content (AvgIpc) is 2.95. The van der Waals surface area contributed by atoms with Crippen LogP contribution in [-0.4, -0.2) is 20.0 Å². The largest absolute Gasteiger partial charge is 0.623 e. The standard InChI is InChI=1S/C19H14ClF2N3O/c1-2-12-9-23-17-10-24(26)19(18-14(21)4-3-5-15(18)22)13-8-11(20)6-7-16(13)25(12)17/h3-9H,2,10H2,1H3. The summed E-state index contributed by atoms with van der Waals surface area (Å²) >= 11 is 6.14. The zero-order valence-corrected chi connectivity index (χ0v) is 14.6.